The average molecular weight is 369 g/mol. The highest BCUT2D eigenvalue weighted by molar-refractivity contribution is 5.90. The molecule has 140 valence electrons. The van der Waals surface area contributed by atoms with Crippen LogP contribution in [0.15, 0.2) is 24.3 Å². The molecule has 0 unspecified atom stereocenters. The largest absolute Gasteiger partial charge is 0.508 e. The lowest BCUT2D eigenvalue weighted by Crippen LogP contribution is -2.31. The number of amides is 1. The van der Waals surface area contributed by atoms with Gasteiger partial charge >= 0.3 is 12.2 Å². The molecule has 1 aromatic carbocycles. The maximum absolute atomic E-state index is 12.1. The standard InChI is InChI=1S/C20H19NO6/c1-4-14-26-15-8-7-13-21(19(22)24-2)18-12-6-5-10-17(18)11-9-16-27-20(23)25-3/h1,5-6,10,12H,13-16H2,2-3H3. The van der Waals surface area contributed by atoms with Crippen LogP contribution in [0.3, 0.4) is 0 Å². The molecule has 0 aliphatic rings. The van der Waals surface area contributed by atoms with Gasteiger partial charge in [-0.25, -0.2) is 9.59 Å². The number of hydrogen-bond donors (Lipinski definition) is 0. The molecule has 0 heterocycles. The second-order valence-corrected chi connectivity index (χ2v) is 4.67. The smallest absolute Gasteiger partial charge is 0.452 e. The molecule has 1 amide bonds. The van der Waals surface area contributed by atoms with E-state index in [-0.39, 0.29) is 26.4 Å². The Morgan fingerprint density at radius 3 is 2.52 bits per heavy atom. The SMILES string of the molecule is C#CCOCC#CCN(C(=O)OC)c1ccccc1C#CCOC(=O)OC. The summed E-state index contributed by atoms with van der Waals surface area (Å²) in [6.07, 6.45) is 3.66. The van der Waals surface area contributed by atoms with Gasteiger partial charge in [0.1, 0.15) is 13.2 Å². The lowest BCUT2D eigenvalue weighted by molar-refractivity contribution is 0.0832. The minimum absolute atomic E-state index is 0.0729. The molecule has 0 aliphatic heterocycles. The van der Waals surface area contributed by atoms with Crippen molar-refractivity contribution in [3.05, 3.63) is 29.8 Å². The monoisotopic (exact) mass is 369 g/mol. The molecule has 27 heavy (non-hydrogen) atoms. The first-order chi connectivity index (χ1) is 13.1. The molecule has 0 fully saturated rings. The van der Waals surface area contributed by atoms with Crippen molar-refractivity contribution in [1.82, 2.24) is 0 Å². The van der Waals surface area contributed by atoms with Crippen molar-refractivity contribution in [3.8, 4) is 36.0 Å². The third-order valence-corrected chi connectivity index (χ3v) is 2.96. The van der Waals surface area contributed by atoms with Gasteiger partial charge < -0.3 is 18.9 Å². The summed E-state index contributed by atoms with van der Waals surface area (Å²) in [7, 11) is 2.48. The molecule has 0 N–H and O–H groups in total. The summed E-state index contributed by atoms with van der Waals surface area (Å²) in [5.41, 5.74) is 1.05. The van der Waals surface area contributed by atoms with E-state index in [1.54, 1.807) is 24.3 Å². The fourth-order valence-electron chi connectivity index (χ4n) is 1.81. The molecular weight excluding hydrogens is 350 g/mol. The summed E-state index contributed by atoms with van der Waals surface area (Å²) < 4.78 is 18.9. The van der Waals surface area contributed by atoms with Crippen molar-refractivity contribution in [2.45, 2.75) is 0 Å². The van der Waals surface area contributed by atoms with Crippen LogP contribution in [-0.2, 0) is 18.9 Å². The van der Waals surface area contributed by atoms with E-state index in [1.807, 2.05) is 0 Å². The summed E-state index contributed by atoms with van der Waals surface area (Å²) in [4.78, 5) is 24.4. The van der Waals surface area contributed by atoms with Gasteiger partial charge in [0.2, 0.25) is 0 Å². The van der Waals surface area contributed by atoms with Gasteiger partial charge in [-0.1, -0.05) is 41.7 Å². The highest BCUT2D eigenvalue weighted by Gasteiger charge is 2.17. The van der Waals surface area contributed by atoms with Crippen LogP contribution >= 0.6 is 0 Å². The van der Waals surface area contributed by atoms with Gasteiger partial charge in [-0.15, -0.1) is 6.42 Å². The Morgan fingerprint density at radius 2 is 1.81 bits per heavy atom. The average Bonchev–Trinajstić information content (AvgIpc) is 2.70. The van der Waals surface area contributed by atoms with Gasteiger partial charge in [0.25, 0.3) is 0 Å². The molecule has 1 rings (SSSR count). The van der Waals surface area contributed by atoms with Crippen molar-refractivity contribution in [2.24, 2.45) is 0 Å². The highest BCUT2D eigenvalue weighted by Crippen LogP contribution is 2.20. The first kappa shape index (κ1) is 21.4. The molecule has 0 saturated carbocycles. The Kier molecular flexibility index (Phi) is 10.1. The van der Waals surface area contributed by atoms with E-state index >= 15 is 0 Å². The molecule has 1 aromatic rings. The van der Waals surface area contributed by atoms with Crippen LogP contribution in [0, 0.1) is 36.0 Å². The molecular formula is C20H19NO6. The van der Waals surface area contributed by atoms with Crippen molar-refractivity contribution in [3.63, 3.8) is 0 Å². The number of nitrogens with zero attached hydrogens (tertiary/aromatic N) is 1. The van der Waals surface area contributed by atoms with Crippen molar-refractivity contribution in [1.29, 1.82) is 0 Å². The number of carbonyl (C=O) groups excluding carboxylic acids is 2. The van der Waals surface area contributed by atoms with Crippen molar-refractivity contribution >= 4 is 17.9 Å². The molecule has 7 nitrogen and oxygen atoms in total. The molecule has 0 aliphatic carbocycles. The molecule has 0 bridgehead atoms. The van der Waals surface area contributed by atoms with Crippen LogP contribution in [0.2, 0.25) is 0 Å². The lowest BCUT2D eigenvalue weighted by atomic mass is 10.1. The van der Waals surface area contributed by atoms with E-state index in [4.69, 9.17) is 20.6 Å². The van der Waals surface area contributed by atoms with E-state index < -0.39 is 12.2 Å². The van der Waals surface area contributed by atoms with Crippen LogP contribution < -0.4 is 4.90 Å². The number of ether oxygens (including phenoxy) is 4. The van der Waals surface area contributed by atoms with Gasteiger partial charge in [-0.3, -0.25) is 4.90 Å². The fraction of sp³-hybridized carbons (Fsp3) is 0.300. The lowest BCUT2D eigenvalue weighted by Gasteiger charge is -2.20. The van der Waals surface area contributed by atoms with Gasteiger partial charge in [-0.05, 0) is 12.1 Å². The zero-order valence-corrected chi connectivity index (χ0v) is 15.1. The third kappa shape index (κ3) is 7.88. The van der Waals surface area contributed by atoms with Gasteiger partial charge in [0, 0.05) is 5.56 Å². The maximum Gasteiger partial charge on any atom is 0.508 e. The number of carbonyl (C=O) groups is 2. The van der Waals surface area contributed by atoms with Crippen LogP contribution in [0.4, 0.5) is 15.3 Å². The number of terminal acetylenes is 1. The van der Waals surface area contributed by atoms with Crippen LogP contribution in [0.5, 0.6) is 0 Å². The first-order valence-electron chi connectivity index (χ1n) is 7.75. The number of methoxy groups -OCH3 is 2. The predicted molar refractivity (Wildman–Crippen MR) is 98.9 cm³/mol. The summed E-state index contributed by atoms with van der Waals surface area (Å²) in [5, 5.41) is 0. The van der Waals surface area contributed by atoms with E-state index in [2.05, 4.69) is 34.3 Å². The van der Waals surface area contributed by atoms with Crippen LogP contribution in [-0.4, -0.2) is 52.8 Å². The highest BCUT2D eigenvalue weighted by atomic mass is 16.7. The minimum atomic E-state index is -0.823. The molecule has 0 aromatic heterocycles. The Bertz CT molecular complexity index is 803. The normalized spacial score (nSPS) is 8.78. The van der Waals surface area contributed by atoms with Gasteiger partial charge in [0.05, 0.1) is 26.5 Å². The summed E-state index contributed by atoms with van der Waals surface area (Å²) in [6.45, 7) is 0.252. The van der Waals surface area contributed by atoms with Crippen molar-refractivity contribution < 1.29 is 28.5 Å². The zero-order chi connectivity index (χ0) is 19.9. The molecule has 0 saturated heterocycles. The summed E-state index contributed by atoms with van der Waals surface area (Å²) in [5.74, 6) is 13.4. The maximum atomic E-state index is 12.1. The number of para-hydroxylation sites is 1. The van der Waals surface area contributed by atoms with E-state index in [0.717, 1.165) is 0 Å². The van der Waals surface area contributed by atoms with Crippen LogP contribution in [0.25, 0.3) is 0 Å². The van der Waals surface area contributed by atoms with E-state index in [9.17, 15) is 9.59 Å². The molecule has 0 spiro atoms. The van der Waals surface area contributed by atoms with Crippen molar-refractivity contribution in [2.75, 3.05) is 45.5 Å². The number of anilines is 1. The molecule has 7 heteroatoms. The number of rotatable bonds is 5. The van der Waals surface area contributed by atoms with Crippen LogP contribution in [0.1, 0.15) is 5.56 Å². The Labute approximate surface area is 158 Å². The second-order valence-electron chi connectivity index (χ2n) is 4.67. The Balaban J connectivity index is 2.93. The molecule has 0 atom stereocenters. The first-order valence-corrected chi connectivity index (χ1v) is 7.75. The Morgan fingerprint density at radius 1 is 1.04 bits per heavy atom. The third-order valence-electron chi connectivity index (χ3n) is 2.96. The predicted octanol–water partition coefficient (Wildman–Crippen LogP) is 2.05. The second kappa shape index (κ2) is 12.7. The quantitative estimate of drug-likeness (QED) is 0.449. The zero-order valence-electron chi connectivity index (χ0n) is 15.1. The molecule has 0 radical (unpaired) electrons. The number of hydrogen-bond acceptors (Lipinski definition) is 6. The number of benzene rings is 1. The van der Waals surface area contributed by atoms with E-state index in [0.29, 0.717) is 11.3 Å². The van der Waals surface area contributed by atoms with E-state index in [1.165, 1.54) is 19.1 Å². The Hall–Kier alpha value is -3.60. The van der Waals surface area contributed by atoms with Gasteiger partial charge in [0.15, 0.2) is 6.61 Å². The minimum Gasteiger partial charge on any atom is -0.452 e. The summed E-state index contributed by atoms with van der Waals surface area (Å²) >= 11 is 0. The fourth-order valence-corrected chi connectivity index (χ4v) is 1.81. The summed E-state index contributed by atoms with van der Waals surface area (Å²) in [6, 6.07) is 6.95. The topological polar surface area (TPSA) is 74.3 Å². The van der Waals surface area contributed by atoms with Gasteiger partial charge in [-0.2, -0.15) is 0 Å².